The summed E-state index contributed by atoms with van der Waals surface area (Å²) < 4.78 is 27.6. The highest BCUT2D eigenvalue weighted by molar-refractivity contribution is 7.89. The zero-order valence-corrected chi connectivity index (χ0v) is 11.2. The second-order valence-electron chi connectivity index (χ2n) is 4.13. The van der Waals surface area contributed by atoms with Gasteiger partial charge in [-0.25, -0.2) is 18.1 Å². The topological polar surface area (TPSA) is 84.2 Å². The highest BCUT2D eigenvalue weighted by Gasteiger charge is 2.26. The number of nitrogens with one attached hydrogen (secondary N) is 1. The Bertz CT molecular complexity index is 463. The second-order valence-corrected chi connectivity index (χ2v) is 5.85. The first-order chi connectivity index (χ1) is 7.83. The van der Waals surface area contributed by atoms with Gasteiger partial charge >= 0.3 is 0 Å². The van der Waals surface area contributed by atoms with Crippen LogP contribution in [-0.2, 0) is 17.1 Å². The van der Waals surface area contributed by atoms with Crippen molar-refractivity contribution in [3.05, 3.63) is 12.5 Å². The molecule has 6 nitrogen and oxygen atoms in total. The van der Waals surface area contributed by atoms with E-state index in [1.54, 1.807) is 11.6 Å². The van der Waals surface area contributed by atoms with Crippen LogP contribution in [0.1, 0.15) is 26.7 Å². The molecule has 1 aromatic rings. The minimum atomic E-state index is -3.63. The summed E-state index contributed by atoms with van der Waals surface area (Å²) in [5.74, 6) is 0. The van der Waals surface area contributed by atoms with Crippen LogP contribution in [0, 0.1) is 0 Å². The lowest BCUT2D eigenvalue weighted by atomic mass is 9.98. The number of hydrogen-bond donors (Lipinski definition) is 2. The van der Waals surface area contributed by atoms with E-state index in [0.29, 0.717) is 12.8 Å². The van der Waals surface area contributed by atoms with Gasteiger partial charge in [-0.1, -0.05) is 13.8 Å². The van der Waals surface area contributed by atoms with E-state index in [1.807, 2.05) is 13.8 Å². The quantitative estimate of drug-likeness (QED) is 0.769. The Balaban J connectivity index is 2.75. The Labute approximate surface area is 102 Å². The number of hydrogen-bond acceptors (Lipinski definition) is 4. The largest absolute Gasteiger partial charge is 0.389 e. The smallest absolute Gasteiger partial charge is 0.259 e. The van der Waals surface area contributed by atoms with Gasteiger partial charge in [0.2, 0.25) is 0 Å². The summed E-state index contributed by atoms with van der Waals surface area (Å²) in [6.45, 7) is 3.63. The third-order valence-corrected chi connectivity index (χ3v) is 4.15. The first-order valence-corrected chi connectivity index (χ1v) is 7.01. The Morgan fingerprint density at radius 2 is 2.06 bits per heavy atom. The van der Waals surface area contributed by atoms with E-state index in [0.717, 1.165) is 0 Å². The molecule has 0 radical (unpaired) electrons. The van der Waals surface area contributed by atoms with Gasteiger partial charge in [0.1, 0.15) is 0 Å². The van der Waals surface area contributed by atoms with Crippen molar-refractivity contribution in [1.82, 2.24) is 14.3 Å². The standard InChI is InChI=1S/C10H19N3O3S/c1-4-10(14,5-2)7-12-17(15,16)9-6-13(3)8-11-9/h6,8,12,14H,4-5,7H2,1-3H3. The molecule has 0 aliphatic heterocycles. The van der Waals surface area contributed by atoms with Crippen molar-refractivity contribution in [2.45, 2.75) is 37.3 Å². The molecule has 0 spiro atoms. The van der Waals surface area contributed by atoms with Crippen molar-refractivity contribution < 1.29 is 13.5 Å². The van der Waals surface area contributed by atoms with Crippen LogP contribution in [0.4, 0.5) is 0 Å². The lowest BCUT2D eigenvalue weighted by molar-refractivity contribution is 0.0377. The lowest BCUT2D eigenvalue weighted by Gasteiger charge is -2.24. The Hall–Kier alpha value is -0.920. The Morgan fingerprint density at radius 1 is 1.47 bits per heavy atom. The molecule has 0 fully saturated rings. The maximum absolute atomic E-state index is 11.8. The number of sulfonamides is 1. The van der Waals surface area contributed by atoms with Crippen molar-refractivity contribution >= 4 is 10.0 Å². The molecule has 2 N–H and O–H groups in total. The Kier molecular flexibility index (Phi) is 4.29. The predicted molar refractivity (Wildman–Crippen MR) is 63.9 cm³/mol. The van der Waals surface area contributed by atoms with E-state index in [2.05, 4.69) is 9.71 Å². The van der Waals surface area contributed by atoms with Crippen molar-refractivity contribution in [2.75, 3.05) is 6.54 Å². The van der Waals surface area contributed by atoms with Crippen LogP contribution >= 0.6 is 0 Å². The van der Waals surface area contributed by atoms with E-state index in [-0.39, 0.29) is 11.6 Å². The fraction of sp³-hybridized carbons (Fsp3) is 0.700. The fourth-order valence-corrected chi connectivity index (χ4v) is 2.43. The van der Waals surface area contributed by atoms with Gasteiger partial charge in [0.05, 0.1) is 11.9 Å². The van der Waals surface area contributed by atoms with Gasteiger partial charge in [-0.2, -0.15) is 0 Å². The molecule has 7 heteroatoms. The number of aryl methyl sites for hydroxylation is 1. The van der Waals surface area contributed by atoms with Crippen LogP contribution in [0.5, 0.6) is 0 Å². The minimum Gasteiger partial charge on any atom is -0.389 e. The summed E-state index contributed by atoms with van der Waals surface area (Å²) in [5, 5.41) is 9.96. The van der Waals surface area contributed by atoms with Crippen LogP contribution in [0.2, 0.25) is 0 Å². The SMILES string of the molecule is CCC(O)(CC)CNS(=O)(=O)c1cn(C)cn1. The molecule has 0 atom stereocenters. The van der Waals surface area contributed by atoms with Crippen LogP contribution < -0.4 is 4.72 Å². The zero-order chi connectivity index (χ0) is 13.1. The summed E-state index contributed by atoms with van der Waals surface area (Å²) in [7, 11) is -1.94. The fourth-order valence-electron chi connectivity index (χ4n) is 1.33. The monoisotopic (exact) mass is 261 g/mol. The number of imidazole rings is 1. The molecular weight excluding hydrogens is 242 g/mol. The molecule has 0 saturated carbocycles. The highest BCUT2D eigenvalue weighted by atomic mass is 32.2. The van der Waals surface area contributed by atoms with Gasteiger partial charge in [0.25, 0.3) is 10.0 Å². The summed E-state index contributed by atoms with van der Waals surface area (Å²) in [6, 6.07) is 0. The molecule has 0 aliphatic rings. The number of aliphatic hydroxyl groups is 1. The van der Waals surface area contributed by atoms with Gasteiger partial charge in [-0.05, 0) is 12.8 Å². The van der Waals surface area contributed by atoms with Gasteiger partial charge in [0, 0.05) is 19.8 Å². The first-order valence-electron chi connectivity index (χ1n) is 5.53. The first kappa shape index (κ1) is 14.1. The van der Waals surface area contributed by atoms with Gasteiger partial charge in [-0.15, -0.1) is 0 Å². The van der Waals surface area contributed by atoms with Crippen LogP contribution in [0.3, 0.4) is 0 Å². The van der Waals surface area contributed by atoms with E-state index in [1.165, 1.54) is 12.5 Å². The van der Waals surface area contributed by atoms with Crippen molar-refractivity contribution in [3.63, 3.8) is 0 Å². The van der Waals surface area contributed by atoms with Crippen molar-refractivity contribution in [2.24, 2.45) is 7.05 Å². The molecule has 0 saturated heterocycles. The van der Waals surface area contributed by atoms with Gasteiger partial charge < -0.3 is 9.67 Å². The molecule has 0 aromatic carbocycles. The molecular formula is C10H19N3O3S. The molecule has 0 aliphatic carbocycles. The molecule has 0 unspecified atom stereocenters. The molecule has 1 aromatic heterocycles. The summed E-state index contributed by atoms with van der Waals surface area (Å²) >= 11 is 0. The van der Waals surface area contributed by atoms with Crippen molar-refractivity contribution in [3.8, 4) is 0 Å². The maximum Gasteiger partial charge on any atom is 0.259 e. The normalized spacial score (nSPS) is 12.9. The van der Waals surface area contributed by atoms with Crippen LogP contribution in [0.15, 0.2) is 17.6 Å². The van der Waals surface area contributed by atoms with E-state index in [9.17, 15) is 13.5 Å². The predicted octanol–water partition coefficient (Wildman–Crippen LogP) is 0.249. The molecule has 17 heavy (non-hydrogen) atoms. The van der Waals surface area contributed by atoms with Crippen LogP contribution in [-0.4, -0.2) is 35.2 Å². The highest BCUT2D eigenvalue weighted by Crippen LogP contribution is 2.14. The average molecular weight is 261 g/mol. The number of nitrogens with zero attached hydrogens (tertiary/aromatic N) is 2. The van der Waals surface area contributed by atoms with E-state index < -0.39 is 15.6 Å². The molecule has 0 bridgehead atoms. The minimum absolute atomic E-state index is 0.00108. The Morgan fingerprint density at radius 3 is 2.47 bits per heavy atom. The third-order valence-electron chi connectivity index (χ3n) is 2.86. The van der Waals surface area contributed by atoms with Gasteiger partial charge in [-0.3, -0.25) is 0 Å². The third kappa shape index (κ3) is 3.52. The number of aromatic nitrogens is 2. The second kappa shape index (κ2) is 5.16. The molecule has 1 rings (SSSR count). The van der Waals surface area contributed by atoms with Gasteiger partial charge in [0.15, 0.2) is 5.03 Å². The summed E-state index contributed by atoms with van der Waals surface area (Å²) in [4.78, 5) is 3.77. The maximum atomic E-state index is 11.8. The summed E-state index contributed by atoms with van der Waals surface area (Å²) in [5.41, 5.74) is -0.998. The molecule has 98 valence electrons. The molecule has 1 heterocycles. The number of rotatable bonds is 6. The summed E-state index contributed by atoms with van der Waals surface area (Å²) in [6.07, 6.45) is 3.82. The molecule has 0 amide bonds. The van der Waals surface area contributed by atoms with E-state index in [4.69, 9.17) is 0 Å². The average Bonchev–Trinajstić information content (AvgIpc) is 2.74. The van der Waals surface area contributed by atoms with Crippen molar-refractivity contribution in [1.29, 1.82) is 0 Å². The van der Waals surface area contributed by atoms with Crippen LogP contribution in [0.25, 0.3) is 0 Å². The van der Waals surface area contributed by atoms with E-state index >= 15 is 0 Å². The lowest BCUT2D eigenvalue weighted by Crippen LogP contribution is -2.42. The zero-order valence-electron chi connectivity index (χ0n) is 10.3.